The van der Waals surface area contributed by atoms with E-state index in [0.29, 0.717) is 5.92 Å². The third-order valence-corrected chi connectivity index (χ3v) is 4.20. The molecule has 2 aromatic carbocycles. The van der Waals surface area contributed by atoms with Gasteiger partial charge in [0.05, 0.1) is 0 Å². The van der Waals surface area contributed by atoms with E-state index in [-0.39, 0.29) is 0 Å². The Kier molecular flexibility index (Phi) is 3.91. The monoisotopic (exact) mass is 266 g/mol. The maximum Gasteiger partial charge on any atom is 0.0419 e. The van der Waals surface area contributed by atoms with Crippen LogP contribution in [0, 0.1) is 0 Å². The Morgan fingerprint density at radius 2 is 1.55 bits per heavy atom. The van der Waals surface area contributed by atoms with Crippen molar-refractivity contribution in [2.24, 2.45) is 0 Å². The highest BCUT2D eigenvalue weighted by Crippen LogP contribution is 2.37. The first-order valence-electron chi connectivity index (χ1n) is 7.54. The van der Waals surface area contributed by atoms with Gasteiger partial charge in [-0.2, -0.15) is 0 Å². The van der Waals surface area contributed by atoms with Crippen LogP contribution in [-0.4, -0.2) is 0 Å². The molecule has 2 heteroatoms. The Morgan fingerprint density at radius 1 is 0.850 bits per heavy atom. The lowest BCUT2D eigenvalue weighted by atomic mass is 9.83. The Hall–Kier alpha value is -1.96. The van der Waals surface area contributed by atoms with E-state index in [1.807, 2.05) is 24.3 Å². The second kappa shape index (κ2) is 6.00. The van der Waals surface area contributed by atoms with Gasteiger partial charge in [-0.3, -0.25) is 0 Å². The highest BCUT2D eigenvalue weighted by molar-refractivity contribution is 5.65. The highest BCUT2D eigenvalue weighted by atomic mass is 14.9. The molecule has 1 aliphatic carbocycles. The summed E-state index contributed by atoms with van der Waals surface area (Å²) >= 11 is 0. The average Bonchev–Trinajstić information content (AvgIpc) is 2.51. The standard InChI is InChI=1S/C18H22N2/c19-15-10-12-16(13-11-15)20-18-9-5-4-8-17(18)14-6-2-1-3-7-14/h4-5,8-14,20H,1-3,6-7,19H2. The van der Waals surface area contributed by atoms with Crippen LogP contribution >= 0.6 is 0 Å². The summed E-state index contributed by atoms with van der Waals surface area (Å²) in [4.78, 5) is 0. The zero-order valence-corrected chi connectivity index (χ0v) is 11.8. The van der Waals surface area contributed by atoms with Gasteiger partial charge < -0.3 is 11.1 Å². The molecule has 0 spiro atoms. The van der Waals surface area contributed by atoms with Crippen molar-refractivity contribution in [3.05, 3.63) is 54.1 Å². The Morgan fingerprint density at radius 3 is 2.30 bits per heavy atom. The molecule has 1 fully saturated rings. The Balaban J connectivity index is 1.83. The molecule has 0 bridgehead atoms. The van der Waals surface area contributed by atoms with Crippen molar-refractivity contribution in [1.29, 1.82) is 0 Å². The molecule has 1 aliphatic rings. The molecule has 1 saturated carbocycles. The number of nitrogens with two attached hydrogens (primary N) is 1. The first-order chi connectivity index (χ1) is 9.83. The number of rotatable bonds is 3. The molecule has 0 atom stereocenters. The van der Waals surface area contributed by atoms with Gasteiger partial charge in [-0.05, 0) is 54.7 Å². The van der Waals surface area contributed by atoms with E-state index in [4.69, 9.17) is 5.73 Å². The van der Waals surface area contributed by atoms with Crippen LogP contribution in [0.2, 0.25) is 0 Å². The quantitative estimate of drug-likeness (QED) is 0.762. The predicted octanol–water partition coefficient (Wildman–Crippen LogP) is 5.06. The van der Waals surface area contributed by atoms with Crippen molar-refractivity contribution < 1.29 is 0 Å². The first kappa shape index (κ1) is 13.0. The largest absolute Gasteiger partial charge is 0.399 e. The smallest absolute Gasteiger partial charge is 0.0419 e. The summed E-state index contributed by atoms with van der Waals surface area (Å²) in [6.45, 7) is 0. The molecule has 0 aliphatic heterocycles. The minimum Gasteiger partial charge on any atom is -0.399 e. The topological polar surface area (TPSA) is 38.0 Å². The van der Waals surface area contributed by atoms with Gasteiger partial charge >= 0.3 is 0 Å². The molecular formula is C18H22N2. The molecule has 2 nitrogen and oxygen atoms in total. The molecule has 2 aromatic rings. The van der Waals surface area contributed by atoms with Gasteiger partial charge in [-0.15, -0.1) is 0 Å². The van der Waals surface area contributed by atoms with Crippen LogP contribution in [0.15, 0.2) is 48.5 Å². The minimum absolute atomic E-state index is 0.709. The lowest BCUT2D eigenvalue weighted by molar-refractivity contribution is 0.444. The van der Waals surface area contributed by atoms with Crippen LogP contribution in [0.5, 0.6) is 0 Å². The van der Waals surface area contributed by atoms with E-state index < -0.39 is 0 Å². The lowest BCUT2D eigenvalue weighted by Crippen LogP contribution is -2.07. The Labute approximate surface area is 121 Å². The van der Waals surface area contributed by atoms with Gasteiger partial charge in [-0.1, -0.05) is 37.5 Å². The number of anilines is 3. The van der Waals surface area contributed by atoms with Gasteiger partial charge in [-0.25, -0.2) is 0 Å². The van der Waals surface area contributed by atoms with Crippen LogP contribution in [0.3, 0.4) is 0 Å². The van der Waals surface area contributed by atoms with Crippen molar-refractivity contribution in [1.82, 2.24) is 0 Å². The van der Waals surface area contributed by atoms with Crippen LogP contribution in [0.25, 0.3) is 0 Å². The fraction of sp³-hybridized carbons (Fsp3) is 0.333. The molecule has 104 valence electrons. The molecule has 0 aromatic heterocycles. The molecule has 0 heterocycles. The number of hydrogen-bond acceptors (Lipinski definition) is 2. The molecule has 3 rings (SSSR count). The number of benzene rings is 2. The second-order valence-corrected chi connectivity index (χ2v) is 5.67. The van der Waals surface area contributed by atoms with E-state index in [1.54, 1.807) is 0 Å². The van der Waals surface area contributed by atoms with E-state index >= 15 is 0 Å². The highest BCUT2D eigenvalue weighted by Gasteiger charge is 2.18. The van der Waals surface area contributed by atoms with Crippen molar-refractivity contribution in [2.75, 3.05) is 11.1 Å². The summed E-state index contributed by atoms with van der Waals surface area (Å²) in [6.07, 6.45) is 6.76. The van der Waals surface area contributed by atoms with E-state index in [9.17, 15) is 0 Å². The maximum atomic E-state index is 5.74. The molecule has 0 unspecified atom stereocenters. The number of para-hydroxylation sites is 1. The van der Waals surface area contributed by atoms with Gasteiger partial charge in [0.1, 0.15) is 0 Å². The lowest BCUT2D eigenvalue weighted by Gasteiger charge is -2.24. The summed E-state index contributed by atoms with van der Waals surface area (Å²) < 4.78 is 0. The van der Waals surface area contributed by atoms with Crippen molar-refractivity contribution in [3.63, 3.8) is 0 Å². The molecule has 3 N–H and O–H groups in total. The molecule has 0 saturated heterocycles. The van der Waals surface area contributed by atoms with E-state index in [2.05, 4.69) is 29.6 Å². The summed E-state index contributed by atoms with van der Waals surface area (Å²) in [5, 5.41) is 3.54. The summed E-state index contributed by atoms with van der Waals surface area (Å²) in [7, 11) is 0. The van der Waals surface area contributed by atoms with Crippen LogP contribution < -0.4 is 11.1 Å². The van der Waals surface area contributed by atoms with Crippen LogP contribution in [0.4, 0.5) is 17.1 Å². The number of nitrogen functional groups attached to an aromatic ring is 1. The van der Waals surface area contributed by atoms with Gasteiger partial charge in [0.25, 0.3) is 0 Å². The van der Waals surface area contributed by atoms with Crippen molar-refractivity contribution in [3.8, 4) is 0 Å². The zero-order chi connectivity index (χ0) is 13.8. The fourth-order valence-corrected chi connectivity index (χ4v) is 3.10. The summed E-state index contributed by atoms with van der Waals surface area (Å²) in [6, 6.07) is 16.6. The first-order valence-corrected chi connectivity index (χ1v) is 7.54. The third kappa shape index (κ3) is 2.96. The summed E-state index contributed by atoms with van der Waals surface area (Å²) in [5.74, 6) is 0.709. The third-order valence-electron chi connectivity index (χ3n) is 4.20. The molecule has 0 radical (unpaired) electrons. The predicted molar refractivity (Wildman–Crippen MR) is 86.4 cm³/mol. The number of nitrogens with one attached hydrogen (secondary N) is 1. The Bertz CT molecular complexity index is 554. The van der Waals surface area contributed by atoms with E-state index in [1.165, 1.54) is 43.4 Å². The summed E-state index contributed by atoms with van der Waals surface area (Å²) in [5.41, 5.74) is 10.3. The zero-order valence-electron chi connectivity index (χ0n) is 11.8. The average molecular weight is 266 g/mol. The SMILES string of the molecule is Nc1ccc(Nc2ccccc2C2CCCCC2)cc1. The van der Waals surface area contributed by atoms with Crippen LogP contribution in [-0.2, 0) is 0 Å². The number of hydrogen-bond donors (Lipinski definition) is 2. The van der Waals surface area contributed by atoms with Gasteiger partial charge in [0.15, 0.2) is 0 Å². The molecular weight excluding hydrogens is 244 g/mol. The molecule has 20 heavy (non-hydrogen) atoms. The maximum absolute atomic E-state index is 5.74. The van der Waals surface area contributed by atoms with E-state index in [0.717, 1.165) is 11.4 Å². The van der Waals surface area contributed by atoms with Gasteiger partial charge in [0.2, 0.25) is 0 Å². The minimum atomic E-state index is 0.709. The van der Waals surface area contributed by atoms with Gasteiger partial charge in [0, 0.05) is 17.1 Å². The fourth-order valence-electron chi connectivity index (χ4n) is 3.10. The van der Waals surface area contributed by atoms with Crippen molar-refractivity contribution >= 4 is 17.1 Å². The van der Waals surface area contributed by atoms with Crippen molar-refractivity contribution in [2.45, 2.75) is 38.0 Å². The normalized spacial score (nSPS) is 16.0. The molecule has 0 amide bonds. The second-order valence-electron chi connectivity index (χ2n) is 5.67. The van der Waals surface area contributed by atoms with Crippen LogP contribution in [0.1, 0.15) is 43.6 Å².